The first-order valence-electron chi connectivity index (χ1n) is 9.04. The van der Waals surface area contributed by atoms with Gasteiger partial charge in [-0.15, -0.1) is 0 Å². The summed E-state index contributed by atoms with van der Waals surface area (Å²) in [6.45, 7) is 1.71. The van der Waals surface area contributed by atoms with Crippen LogP contribution in [0.3, 0.4) is 0 Å². The molecular weight excluding hydrogens is 339 g/mol. The number of ketones is 1. The largest absolute Gasteiger partial charge is 0.451 e. The van der Waals surface area contributed by atoms with Crippen LogP contribution in [0.4, 0.5) is 13.2 Å². The van der Waals surface area contributed by atoms with E-state index < -0.39 is 18.5 Å². The molecule has 146 valence electrons. The Hall–Kier alpha value is -1.88. The minimum atomic E-state index is -4.75. The van der Waals surface area contributed by atoms with Crippen LogP contribution in [0.15, 0.2) is 60.8 Å². The number of hydrogen-bond acceptors (Lipinski definition) is 2. The van der Waals surface area contributed by atoms with Gasteiger partial charge in [-0.3, -0.25) is 4.79 Å². The van der Waals surface area contributed by atoms with Gasteiger partial charge in [0.25, 0.3) is 0 Å². The Morgan fingerprint density at radius 1 is 0.769 bits per heavy atom. The average molecular weight is 369 g/mol. The molecule has 0 aromatic carbocycles. The number of Topliss-reactive ketones (excluding diaryl/α,β-unsaturated/α-hetero) is 1. The van der Waals surface area contributed by atoms with Crippen molar-refractivity contribution in [3.05, 3.63) is 60.8 Å². The third-order valence-corrected chi connectivity index (χ3v) is 3.25. The number of hydrogen-bond donors (Lipinski definition) is 1. The highest BCUT2D eigenvalue weighted by Crippen LogP contribution is 2.14. The van der Waals surface area contributed by atoms with Gasteiger partial charge in [0.15, 0.2) is 0 Å². The smallest absolute Gasteiger partial charge is 0.306 e. The van der Waals surface area contributed by atoms with Crippen LogP contribution < -0.4 is 5.32 Å². The molecule has 0 saturated carbocycles. The van der Waals surface area contributed by atoms with E-state index in [9.17, 15) is 18.0 Å². The van der Waals surface area contributed by atoms with Crippen molar-refractivity contribution in [3.8, 4) is 0 Å². The van der Waals surface area contributed by atoms with Crippen LogP contribution in [0, 0.1) is 0 Å². The Kier molecular flexibility index (Phi) is 15.4. The fraction of sp³-hybridized carbons (Fsp3) is 0.476. The molecular formula is C21H30F3NO. The molecule has 26 heavy (non-hydrogen) atoms. The van der Waals surface area contributed by atoms with Crippen LogP contribution in [0.5, 0.6) is 0 Å². The minimum absolute atomic E-state index is 0.260. The normalized spacial score (nSPS) is 13.4. The van der Waals surface area contributed by atoms with E-state index in [4.69, 9.17) is 0 Å². The highest BCUT2D eigenvalue weighted by molar-refractivity contribution is 5.85. The molecule has 0 atom stereocenters. The number of halogens is 3. The topological polar surface area (TPSA) is 29.1 Å². The molecule has 0 spiro atoms. The van der Waals surface area contributed by atoms with Gasteiger partial charge in [0.2, 0.25) is 5.78 Å². The molecule has 0 aliphatic heterocycles. The standard InChI is InChI=1S/C21H30F3NO/c1-2-3-4-5-6-7-8-9-10-11-12-13-14-15-16-17-18-25-19-20(26)21(22,23)24/h3-4,6-7,9-10,12-13,16-17,25H,2,5,8,11,14-15,18-19H2,1H3/b4-3-,7-6-,10-9-,13-12-,17-16+. The number of alkyl halides is 3. The van der Waals surface area contributed by atoms with Gasteiger partial charge >= 0.3 is 6.18 Å². The first kappa shape index (κ1) is 24.1. The number of nitrogens with one attached hydrogen (secondary N) is 1. The zero-order valence-electron chi connectivity index (χ0n) is 15.5. The summed E-state index contributed by atoms with van der Waals surface area (Å²) in [5.41, 5.74) is 0. The van der Waals surface area contributed by atoms with Gasteiger partial charge in [0, 0.05) is 6.54 Å². The lowest BCUT2D eigenvalue weighted by Gasteiger charge is -2.04. The van der Waals surface area contributed by atoms with E-state index >= 15 is 0 Å². The molecule has 0 aromatic rings. The van der Waals surface area contributed by atoms with Gasteiger partial charge in [-0.1, -0.05) is 67.7 Å². The summed E-state index contributed by atoms with van der Waals surface area (Å²) in [6, 6.07) is 0. The lowest BCUT2D eigenvalue weighted by molar-refractivity contribution is -0.169. The van der Waals surface area contributed by atoms with E-state index in [1.807, 2.05) is 6.08 Å². The summed E-state index contributed by atoms with van der Waals surface area (Å²) >= 11 is 0. The highest BCUT2D eigenvalue weighted by atomic mass is 19.4. The first-order valence-corrected chi connectivity index (χ1v) is 9.04. The molecule has 0 saturated heterocycles. The summed E-state index contributed by atoms with van der Waals surface area (Å²) in [5.74, 6) is -1.74. The van der Waals surface area contributed by atoms with E-state index in [2.05, 4.69) is 60.8 Å². The Bertz CT molecular complexity index is 500. The van der Waals surface area contributed by atoms with Gasteiger partial charge in [-0.2, -0.15) is 13.2 Å². The minimum Gasteiger partial charge on any atom is -0.306 e. The molecule has 0 fully saturated rings. The second-order valence-electron chi connectivity index (χ2n) is 5.60. The highest BCUT2D eigenvalue weighted by Gasteiger charge is 2.37. The van der Waals surface area contributed by atoms with Crippen molar-refractivity contribution in [2.45, 2.75) is 51.6 Å². The van der Waals surface area contributed by atoms with Crippen LogP contribution in [-0.4, -0.2) is 25.0 Å². The Morgan fingerprint density at radius 3 is 1.73 bits per heavy atom. The van der Waals surface area contributed by atoms with E-state index in [-0.39, 0.29) is 6.54 Å². The maximum Gasteiger partial charge on any atom is 0.451 e. The third kappa shape index (κ3) is 17.0. The Morgan fingerprint density at radius 2 is 1.23 bits per heavy atom. The summed E-state index contributed by atoms with van der Waals surface area (Å²) in [4.78, 5) is 10.6. The molecule has 0 aromatic heterocycles. The van der Waals surface area contributed by atoms with Gasteiger partial charge in [0.05, 0.1) is 6.54 Å². The van der Waals surface area contributed by atoms with Crippen molar-refractivity contribution >= 4 is 5.78 Å². The Labute approximate surface area is 155 Å². The SMILES string of the molecule is CC/C=C\C/C=C\C/C=C\C/C=C\CC/C=C/CNCC(=O)C(F)(F)F. The number of carbonyl (C=O) groups is 1. The van der Waals surface area contributed by atoms with Crippen molar-refractivity contribution < 1.29 is 18.0 Å². The van der Waals surface area contributed by atoms with Crippen molar-refractivity contribution in [1.82, 2.24) is 5.32 Å². The number of allylic oxidation sites excluding steroid dienone is 9. The monoisotopic (exact) mass is 369 g/mol. The molecule has 0 aliphatic carbocycles. The maximum absolute atomic E-state index is 11.9. The number of unbranched alkanes of at least 4 members (excludes halogenated alkanes) is 1. The number of rotatable bonds is 14. The van der Waals surface area contributed by atoms with Gasteiger partial charge < -0.3 is 5.32 Å². The summed E-state index contributed by atoms with van der Waals surface area (Å²) in [5, 5.41) is 2.45. The van der Waals surface area contributed by atoms with Gasteiger partial charge in [0.1, 0.15) is 0 Å². The fourth-order valence-electron chi connectivity index (χ4n) is 1.86. The van der Waals surface area contributed by atoms with E-state index in [0.29, 0.717) is 0 Å². The van der Waals surface area contributed by atoms with E-state index in [1.165, 1.54) is 0 Å². The molecule has 0 aliphatic rings. The average Bonchev–Trinajstić information content (AvgIpc) is 2.59. The molecule has 0 rings (SSSR count). The molecule has 0 radical (unpaired) electrons. The predicted molar refractivity (Wildman–Crippen MR) is 103 cm³/mol. The first-order chi connectivity index (χ1) is 12.5. The zero-order valence-corrected chi connectivity index (χ0v) is 15.5. The van der Waals surface area contributed by atoms with Crippen LogP contribution in [0.25, 0.3) is 0 Å². The van der Waals surface area contributed by atoms with Crippen molar-refractivity contribution in [2.24, 2.45) is 0 Å². The van der Waals surface area contributed by atoms with E-state index in [1.54, 1.807) is 6.08 Å². The molecule has 2 nitrogen and oxygen atoms in total. The van der Waals surface area contributed by atoms with E-state index in [0.717, 1.165) is 38.5 Å². The van der Waals surface area contributed by atoms with Gasteiger partial charge in [-0.25, -0.2) is 0 Å². The van der Waals surface area contributed by atoms with Crippen molar-refractivity contribution in [3.63, 3.8) is 0 Å². The Balaban J connectivity index is 3.54. The van der Waals surface area contributed by atoms with Crippen LogP contribution in [0.2, 0.25) is 0 Å². The molecule has 1 N–H and O–H groups in total. The quantitative estimate of drug-likeness (QED) is 0.307. The molecule has 0 bridgehead atoms. The molecule has 0 heterocycles. The van der Waals surface area contributed by atoms with Crippen molar-refractivity contribution in [2.75, 3.05) is 13.1 Å². The fourth-order valence-corrected chi connectivity index (χ4v) is 1.86. The zero-order chi connectivity index (χ0) is 19.5. The molecule has 0 amide bonds. The van der Waals surface area contributed by atoms with Crippen LogP contribution in [-0.2, 0) is 4.79 Å². The lowest BCUT2D eigenvalue weighted by Crippen LogP contribution is -2.33. The second-order valence-corrected chi connectivity index (χ2v) is 5.60. The lowest BCUT2D eigenvalue weighted by atomic mass is 10.2. The summed E-state index contributed by atoms with van der Waals surface area (Å²) in [7, 11) is 0. The van der Waals surface area contributed by atoms with Crippen LogP contribution in [0.1, 0.15) is 45.4 Å². The summed E-state index contributed by atoms with van der Waals surface area (Å²) in [6.07, 6.45) is 21.6. The molecule has 5 heteroatoms. The molecule has 0 unspecified atom stereocenters. The van der Waals surface area contributed by atoms with Crippen molar-refractivity contribution in [1.29, 1.82) is 0 Å². The second kappa shape index (κ2) is 16.6. The maximum atomic E-state index is 11.9. The van der Waals surface area contributed by atoms with Crippen LogP contribution >= 0.6 is 0 Å². The van der Waals surface area contributed by atoms with Gasteiger partial charge in [-0.05, 0) is 38.5 Å². The number of carbonyl (C=O) groups excluding carboxylic acids is 1. The summed E-state index contributed by atoms with van der Waals surface area (Å²) < 4.78 is 35.8. The predicted octanol–water partition coefficient (Wildman–Crippen LogP) is 5.85. The third-order valence-electron chi connectivity index (χ3n) is 3.25.